The number of carboxylic acid groups (broad SMARTS) is 1. The predicted octanol–water partition coefficient (Wildman–Crippen LogP) is 1.18. The van der Waals surface area contributed by atoms with E-state index in [0.29, 0.717) is 19.0 Å². The number of rotatable bonds is 4. The van der Waals surface area contributed by atoms with Crippen molar-refractivity contribution in [3.63, 3.8) is 0 Å². The van der Waals surface area contributed by atoms with Crippen molar-refractivity contribution >= 4 is 11.8 Å². The van der Waals surface area contributed by atoms with Crippen LogP contribution in [0, 0.1) is 0 Å². The highest BCUT2D eigenvalue weighted by Crippen LogP contribution is 2.21. The van der Waals surface area contributed by atoms with Crippen LogP contribution in [0.3, 0.4) is 0 Å². The first-order valence-corrected chi connectivity index (χ1v) is 6.13. The molecule has 0 spiro atoms. The van der Waals surface area contributed by atoms with Gasteiger partial charge in [0.05, 0.1) is 6.10 Å². The second-order valence-electron chi connectivity index (χ2n) is 4.20. The molecule has 1 fully saturated rings. The van der Waals surface area contributed by atoms with Crippen LogP contribution in [-0.4, -0.2) is 46.8 Å². The minimum Gasteiger partial charge on any atom is -0.476 e. The molecule has 1 atom stereocenters. The summed E-state index contributed by atoms with van der Waals surface area (Å²) in [7, 11) is 0. The number of hydrogen-bond acceptors (Lipinski definition) is 5. The first-order chi connectivity index (χ1) is 8.72. The van der Waals surface area contributed by atoms with Crippen LogP contribution in [0.5, 0.6) is 0 Å². The number of carboxylic acids is 1. The Labute approximate surface area is 106 Å². The van der Waals surface area contributed by atoms with Gasteiger partial charge in [-0.2, -0.15) is 0 Å². The summed E-state index contributed by atoms with van der Waals surface area (Å²) in [5.41, 5.74) is 0.00893. The molecule has 1 aliphatic heterocycles. The summed E-state index contributed by atoms with van der Waals surface area (Å²) in [5.74, 6) is -0.606. The molecule has 0 aliphatic carbocycles. The maximum Gasteiger partial charge on any atom is 0.358 e. The van der Waals surface area contributed by atoms with Gasteiger partial charge in [-0.1, -0.05) is 0 Å². The molecule has 1 aliphatic rings. The number of anilines is 1. The Morgan fingerprint density at radius 1 is 1.56 bits per heavy atom. The van der Waals surface area contributed by atoms with Crippen molar-refractivity contribution in [3.05, 3.63) is 18.1 Å². The molecule has 2 rings (SSSR count). The van der Waals surface area contributed by atoms with Crippen molar-refractivity contribution in [3.8, 4) is 0 Å². The monoisotopic (exact) mass is 251 g/mol. The van der Waals surface area contributed by atoms with E-state index in [1.807, 2.05) is 11.8 Å². The van der Waals surface area contributed by atoms with Gasteiger partial charge < -0.3 is 14.7 Å². The third-order valence-corrected chi connectivity index (χ3v) is 2.96. The molecule has 1 aromatic heterocycles. The van der Waals surface area contributed by atoms with Crippen molar-refractivity contribution in [1.29, 1.82) is 0 Å². The third kappa shape index (κ3) is 2.76. The van der Waals surface area contributed by atoms with Gasteiger partial charge in [0, 0.05) is 32.1 Å². The second-order valence-corrected chi connectivity index (χ2v) is 4.20. The van der Waals surface area contributed by atoms with Gasteiger partial charge in [0.2, 0.25) is 0 Å². The first kappa shape index (κ1) is 12.8. The minimum absolute atomic E-state index is 0.00893. The average Bonchev–Trinajstić information content (AvgIpc) is 2.39. The number of ether oxygens (including phenoxy) is 1. The fourth-order valence-electron chi connectivity index (χ4n) is 2.22. The Balaban J connectivity index is 2.18. The molecule has 6 heteroatoms. The maximum absolute atomic E-state index is 11.1. The van der Waals surface area contributed by atoms with Crippen molar-refractivity contribution in [2.24, 2.45) is 0 Å². The lowest BCUT2D eigenvalue weighted by atomic mass is 10.1. The number of nitrogens with zero attached hydrogens (tertiary/aromatic N) is 3. The van der Waals surface area contributed by atoms with Gasteiger partial charge in [-0.15, -0.1) is 0 Å². The van der Waals surface area contributed by atoms with Gasteiger partial charge in [0.15, 0.2) is 11.5 Å². The van der Waals surface area contributed by atoms with Gasteiger partial charge in [-0.3, -0.25) is 0 Å². The molecule has 1 saturated heterocycles. The molecule has 98 valence electrons. The molecule has 1 N–H and O–H groups in total. The van der Waals surface area contributed by atoms with Crippen molar-refractivity contribution in [2.45, 2.75) is 25.9 Å². The number of carbonyl (C=O) groups is 1. The van der Waals surface area contributed by atoms with Gasteiger partial charge in [0.25, 0.3) is 0 Å². The Kier molecular flexibility index (Phi) is 4.09. The number of aromatic carboxylic acids is 1. The van der Waals surface area contributed by atoms with Crippen molar-refractivity contribution in [2.75, 3.05) is 24.6 Å². The Morgan fingerprint density at radius 2 is 2.33 bits per heavy atom. The summed E-state index contributed by atoms with van der Waals surface area (Å²) in [6, 6.07) is 0. The summed E-state index contributed by atoms with van der Waals surface area (Å²) in [6.07, 6.45) is 5.04. The lowest BCUT2D eigenvalue weighted by molar-refractivity contribution is 0.0522. The number of hydrogen-bond donors (Lipinski definition) is 1. The van der Waals surface area contributed by atoms with Gasteiger partial charge >= 0.3 is 5.97 Å². The second kappa shape index (κ2) is 5.77. The van der Waals surface area contributed by atoms with E-state index in [4.69, 9.17) is 9.84 Å². The SMILES string of the molecule is CCOC1CCCN(c2nccnc2C(=O)O)C1. The molecule has 0 bridgehead atoms. The average molecular weight is 251 g/mol. The van der Waals surface area contributed by atoms with E-state index in [1.165, 1.54) is 12.4 Å². The fourth-order valence-corrected chi connectivity index (χ4v) is 2.22. The first-order valence-electron chi connectivity index (χ1n) is 6.13. The Bertz CT molecular complexity index is 423. The summed E-state index contributed by atoms with van der Waals surface area (Å²) >= 11 is 0. The van der Waals surface area contributed by atoms with E-state index in [1.54, 1.807) is 0 Å². The van der Waals surface area contributed by atoms with Crippen molar-refractivity contribution < 1.29 is 14.6 Å². The molecular formula is C12H17N3O3. The van der Waals surface area contributed by atoms with Crippen LogP contribution >= 0.6 is 0 Å². The largest absolute Gasteiger partial charge is 0.476 e. The lowest BCUT2D eigenvalue weighted by Gasteiger charge is -2.33. The highest BCUT2D eigenvalue weighted by molar-refractivity contribution is 5.90. The van der Waals surface area contributed by atoms with Gasteiger partial charge in [-0.05, 0) is 19.8 Å². The molecule has 6 nitrogen and oxygen atoms in total. The molecule has 0 amide bonds. The smallest absolute Gasteiger partial charge is 0.358 e. The zero-order chi connectivity index (χ0) is 13.0. The summed E-state index contributed by atoms with van der Waals surface area (Å²) in [6.45, 7) is 4.10. The molecule has 1 aromatic rings. The fraction of sp³-hybridized carbons (Fsp3) is 0.583. The van der Waals surface area contributed by atoms with Crippen LogP contribution in [0.2, 0.25) is 0 Å². The highest BCUT2D eigenvalue weighted by Gasteiger charge is 2.25. The van der Waals surface area contributed by atoms with Crippen LogP contribution in [-0.2, 0) is 4.74 Å². The minimum atomic E-state index is -1.04. The van der Waals surface area contributed by atoms with Crippen LogP contribution < -0.4 is 4.90 Å². The quantitative estimate of drug-likeness (QED) is 0.866. The van der Waals surface area contributed by atoms with Crippen LogP contribution in [0.1, 0.15) is 30.3 Å². The zero-order valence-corrected chi connectivity index (χ0v) is 10.4. The summed E-state index contributed by atoms with van der Waals surface area (Å²) in [5, 5.41) is 9.11. The topological polar surface area (TPSA) is 75.5 Å². The van der Waals surface area contributed by atoms with Crippen LogP contribution in [0.4, 0.5) is 5.82 Å². The normalized spacial score (nSPS) is 19.8. The molecule has 2 heterocycles. The molecule has 0 aromatic carbocycles. The molecule has 0 saturated carbocycles. The maximum atomic E-state index is 11.1. The third-order valence-electron chi connectivity index (χ3n) is 2.96. The number of aromatic nitrogens is 2. The predicted molar refractivity (Wildman–Crippen MR) is 65.9 cm³/mol. The van der Waals surface area contributed by atoms with Gasteiger partial charge in [-0.25, -0.2) is 14.8 Å². The Morgan fingerprint density at radius 3 is 3.06 bits per heavy atom. The van der Waals surface area contributed by atoms with E-state index in [-0.39, 0.29) is 11.8 Å². The number of piperidine rings is 1. The zero-order valence-electron chi connectivity index (χ0n) is 10.4. The van der Waals surface area contributed by atoms with E-state index >= 15 is 0 Å². The van der Waals surface area contributed by atoms with E-state index in [9.17, 15) is 4.79 Å². The Hall–Kier alpha value is -1.69. The highest BCUT2D eigenvalue weighted by atomic mass is 16.5. The standard InChI is InChI=1S/C12H17N3O3/c1-2-18-9-4-3-7-15(8-9)11-10(12(16)17)13-5-6-14-11/h5-6,9H,2-4,7-8H2,1H3,(H,16,17). The molecular weight excluding hydrogens is 234 g/mol. The molecule has 18 heavy (non-hydrogen) atoms. The van der Waals surface area contributed by atoms with Crippen LogP contribution in [0.25, 0.3) is 0 Å². The summed E-state index contributed by atoms with van der Waals surface area (Å²) in [4.78, 5) is 21.1. The van der Waals surface area contributed by atoms with Crippen molar-refractivity contribution in [1.82, 2.24) is 9.97 Å². The summed E-state index contributed by atoms with van der Waals surface area (Å²) < 4.78 is 5.60. The molecule has 1 unspecified atom stereocenters. The molecule has 0 radical (unpaired) electrons. The van der Waals surface area contributed by atoms with Gasteiger partial charge in [0.1, 0.15) is 0 Å². The van der Waals surface area contributed by atoms with Crippen LogP contribution in [0.15, 0.2) is 12.4 Å². The van der Waals surface area contributed by atoms with E-state index < -0.39 is 5.97 Å². The van der Waals surface area contributed by atoms with E-state index in [2.05, 4.69) is 9.97 Å². The van der Waals surface area contributed by atoms with E-state index in [0.717, 1.165) is 19.4 Å². The lowest BCUT2D eigenvalue weighted by Crippen LogP contribution is -2.41.